The molecule has 0 saturated carbocycles. The molecule has 2 aromatic heterocycles. The summed E-state index contributed by atoms with van der Waals surface area (Å²) in [5, 5.41) is 2.88. The maximum atomic E-state index is 15.0. The average Bonchev–Trinajstić information content (AvgIpc) is 3.42. The Labute approximate surface area is 200 Å². The Morgan fingerprint density at radius 2 is 2.00 bits per heavy atom. The lowest BCUT2D eigenvalue weighted by molar-refractivity contribution is -0.179. The Hall–Kier alpha value is -3.17. The summed E-state index contributed by atoms with van der Waals surface area (Å²) in [5.41, 5.74) is 2.48. The van der Waals surface area contributed by atoms with Crippen LogP contribution in [0.5, 0.6) is 0 Å². The smallest absolute Gasteiger partial charge is 0.347 e. The SMILES string of the molecule is CCc1nc2n(c1C(=O)NCc1ccc(-c3cn4c(n3)CC(C(F)(F)F)CC4)c(F)c1)CCCC2. The highest BCUT2D eigenvalue weighted by Gasteiger charge is 2.42. The van der Waals surface area contributed by atoms with E-state index >= 15 is 0 Å². The quantitative estimate of drug-likeness (QED) is 0.522. The number of imidazole rings is 2. The summed E-state index contributed by atoms with van der Waals surface area (Å²) in [7, 11) is 0. The van der Waals surface area contributed by atoms with Crippen LogP contribution in [0.2, 0.25) is 0 Å². The number of carbonyl (C=O) groups excluding carboxylic acids is 1. The maximum Gasteiger partial charge on any atom is 0.392 e. The van der Waals surface area contributed by atoms with Crippen molar-refractivity contribution in [1.29, 1.82) is 0 Å². The minimum Gasteiger partial charge on any atom is -0.347 e. The zero-order chi connectivity index (χ0) is 24.7. The number of fused-ring (bicyclic) bond motifs is 2. The second-order valence-electron chi connectivity index (χ2n) is 9.25. The van der Waals surface area contributed by atoms with Crippen LogP contribution in [-0.4, -0.2) is 31.2 Å². The first-order chi connectivity index (χ1) is 16.7. The number of nitrogens with zero attached hydrogens (tertiary/aromatic N) is 4. The molecule has 3 aromatic rings. The van der Waals surface area contributed by atoms with Gasteiger partial charge in [0.2, 0.25) is 0 Å². The first-order valence-electron chi connectivity index (χ1n) is 12.0. The van der Waals surface area contributed by atoms with Crippen LogP contribution >= 0.6 is 0 Å². The molecule has 5 rings (SSSR count). The van der Waals surface area contributed by atoms with Crippen molar-refractivity contribution in [2.75, 3.05) is 0 Å². The molecule has 6 nitrogen and oxygen atoms in total. The standard InChI is InChI=1S/C25H27F4N5O/c1-2-19-23(34-9-4-3-5-21(34)31-19)24(35)30-13-15-6-7-17(18(26)11-15)20-14-33-10-8-16(25(27,28)29)12-22(33)32-20/h6-7,11,14,16H,2-5,8-10,12-13H2,1H3,(H,30,35). The van der Waals surface area contributed by atoms with Gasteiger partial charge < -0.3 is 14.5 Å². The van der Waals surface area contributed by atoms with E-state index in [1.165, 1.54) is 6.07 Å². The second-order valence-corrected chi connectivity index (χ2v) is 9.25. The first-order valence-corrected chi connectivity index (χ1v) is 12.0. The van der Waals surface area contributed by atoms with Gasteiger partial charge in [-0.15, -0.1) is 0 Å². The van der Waals surface area contributed by atoms with Crippen LogP contribution in [0.15, 0.2) is 24.4 Å². The van der Waals surface area contributed by atoms with E-state index < -0.39 is 17.9 Å². The van der Waals surface area contributed by atoms with E-state index in [0.29, 0.717) is 29.2 Å². The van der Waals surface area contributed by atoms with Crippen molar-refractivity contribution in [2.24, 2.45) is 5.92 Å². The van der Waals surface area contributed by atoms with Crippen LogP contribution in [-0.2, 0) is 38.9 Å². The summed E-state index contributed by atoms with van der Waals surface area (Å²) in [6, 6.07) is 4.59. The number of amides is 1. The monoisotopic (exact) mass is 489 g/mol. The van der Waals surface area contributed by atoms with E-state index in [9.17, 15) is 22.4 Å². The van der Waals surface area contributed by atoms with E-state index in [2.05, 4.69) is 15.3 Å². The summed E-state index contributed by atoms with van der Waals surface area (Å²) >= 11 is 0. The van der Waals surface area contributed by atoms with Crippen molar-refractivity contribution < 1.29 is 22.4 Å². The fourth-order valence-electron chi connectivity index (χ4n) is 5.02. The summed E-state index contributed by atoms with van der Waals surface area (Å²) in [5.74, 6) is -0.919. The zero-order valence-electron chi connectivity index (χ0n) is 19.5. The van der Waals surface area contributed by atoms with E-state index in [1.54, 1.807) is 22.9 Å². The van der Waals surface area contributed by atoms with Crippen LogP contribution in [0.1, 0.15) is 59.6 Å². The second kappa shape index (κ2) is 9.13. The molecule has 0 bridgehead atoms. The largest absolute Gasteiger partial charge is 0.392 e. The molecule has 1 N–H and O–H groups in total. The van der Waals surface area contributed by atoms with Gasteiger partial charge in [-0.3, -0.25) is 4.79 Å². The summed E-state index contributed by atoms with van der Waals surface area (Å²) in [6.45, 7) is 3.09. The maximum absolute atomic E-state index is 15.0. The fourth-order valence-corrected chi connectivity index (χ4v) is 5.02. The predicted molar refractivity (Wildman–Crippen MR) is 121 cm³/mol. The van der Waals surface area contributed by atoms with Crippen molar-refractivity contribution in [3.63, 3.8) is 0 Å². The number of aryl methyl sites for hydroxylation is 3. The zero-order valence-corrected chi connectivity index (χ0v) is 19.5. The summed E-state index contributed by atoms with van der Waals surface area (Å²) in [4.78, 5) is 21.9. The first kappa shape index (κ1) is 23.6. The summed E-state index contributed by atoms with van der Waals surface area (Å²) < 4.78 is 57.9. The summed E-state index contributed by atoms with van der Waals surface area (Å²) in [6.07, 6.45) is 0.732. The molecule has 1 atom stereocenters. The number of aromatic nitrogens is 4. The lowest BCUT2D eigenvalue weighted by atomic mass is 9.97. The molecule has 0 fully saturated rings. The van der Waals surface area contributed by atoms with Crippen LogP contribution in [0.3, 0.4) is 0 Å². The topological polar surface area (TPSA) is 64.7 Å². The molecule has 35 heavy (non-hydrogen) atoms. The lowest BCUT2D eigenvalue weighted by Gasteiger charge is -2.25. The Morgan fingerprint density at radius 1 is 1.17 bits per heavy atom. The molecule has 0 saturated heterocycles. The number of benzene rings is 1. The molecule has 0 radical (unpaired) electrons. The molecular weight excluding hydrogens is 462 g/mol. The van der Waals surface area contributed by atoms with Gasteiger partial charge in [0, 0.05) is 44.2 Å². The van der Waals surface area contributed by atoms with Gasteiger partial charge in [-0.1, -0.05) is 13.0 Å². The molecule has 10 heteroatoms. The molecular formula is C25H27F4N5O. The van der Waals surface area contributed by atoms with E-state index in [4.69, 9.17) is 0 Å². The minimum atomic E-state index is -4.26. The third kappa shape index (κ3) is 4.58. The van der Waals surface area contributed by atoms with E-state index in [0.717, 1.165) is 37.3 Å². The Morgan fingerprint density at radius 3 is 2.74 bits per heavy atom. The minimum absolute atomic E-state index is 0.00639. The number of nitrogens with one attached hydrogen (secondary N) is 1. The molecule has 2 aliphatic rings. The average molecular weight is 490 g/mol. The Kier molecular flexibility index (Phi) is 6.14. The van der Waals surface area contributed by atoms with Crippen molar-refractivity contribution >= 4 is 5.91 Å². The number of carbonyl (C=O) groups is 1. The highest BCUT2D eigenvalue weighted by Crippen LogP contribution is 2.36. The third-order valence-corrected chi connectivity index (χ3v) is 6.93. The van der Waals surface area contributed by atoms with Crippen LogP contribution in [0.4, 0.5) is 17.6 Å². The predicted octanol–water partition coefficient (Wildman–Crippen LogP) is 4.84. The molecule has 4 heterocycles. The van der Waals surface area contributed by atoms with Gasteiger partial charge in [0.05, 0.1) is 17.3 Å². The van der Waals surface area contributed by atoms with Gasteiger partial charge in [0.15, 0.2) is 0 Å². The number of rotatable bonds is 5. The highest BCUT2D eigenvalue weighted by atomic mass is 19.4. The molecule has 2 aliphatic heterocycles. The molecule has 0 aliphatic carbocycles. The van der Waals surface area contributed by atoms with Gasteiger partial charge >= 0.3 is 6.18 Å². The molecule has 186 valence electrons. The molecule has 0 spiro atoms. The van der Waals surface area contributed by atoms with E-state index in [-0.39, 0.29) is 37.4 Å². The number of alkyl halides is 3. The molecule has 1 aromatic carbocycles. The van der Waals surface area contributed by atoms with Crippen molar-refractivity contribution in [2.45, 2.75) is 71.3 Å². The van der Waals surface area contributed by atoms with Crippen molar-refractivity contribution in [1.82, 2.24) is 24.4 Å². The van der Waals surface area contributed by atoms with Gasteiger partial charge in [0.1, 0.15) is 23.2 Å². The normalized spacial score (nSPS) is 17.7. The Balaban J connectivity index is 1.29. The van der Waals surface area contributed by atoms with Crippen LogP contribution < -0.4 is 5.32 Å². The fraction of sp³-hybridized carbons (Fsp3) is 0.480. The van der Waals surface area contributed by atoms with Gasteiger partial charge in [-0.05, 0) is 43.4 Å². The highest BCUT2D eigenvalue weighted by molar-refractivity contribution is 5.94. The Bertz CT molecular complexity index is 1260. The number of hydrogen-bond acceptors (Lipinski definition) is 3. The lowest BCUT2D eigenvalue weighted by Crippen LogP contribution is -2.31. The third-order valence-electron chi connectivity index (χ3n) is 6.93. The van der Waals surface area contributed by atoms with Crippen molar-refractivity contribution in [3.8, 4) is 11.3 Å². The van der Waals surface area contributed by atoms with Gasteiger partial charge in [-0.25, -0.2) is 14.4 Å². The van der Waals surface area contributed by atoms with Crippen molar-refractivity contribution in [3.05, 3.63) is 58.8 Å². The molecule has 1 unspecified atom stereocenters. The van der Waals surface area contributed by atoms with E-state index in [1.807, 2.05) is 11.5 Å². The molecule has 1 amide bonds. The number of halogens is 4. The van der Waals surface area contributed by atoms with Crippen LogP contribution in [0.25, 0.3) is 11.3 Å². The van der Waals surface area contributed by atoms with Crippen LogP contribution in [0, 0.1) is 11.7 Å². The number of hydrogen-bond donors (Lipinski definition) is 1. The van der Waals surface area contributed by atoms with Gasteiger partial charge in [0.25, 0.3) is 5.91 Å². The van der Waals surface area contributed by atoms with Gasteiger partial charge in [-0.2, -0.15) is 13.2 Å².